The van der Waals surface area contributed by atoms with Crippen molar-refractivity contribution in [3.8, 4) is 0 Å². The number of thiazole rings is 1. The number of hydrogen-bond acceptors (Lipinski definition) is 5. The number of fused-ring (bicyclic) bond motifs is 1. The van der Waals surface area contributed by atoms with Crippen molar-refractivity contribution in [2.75, 3.05) is 7.05 Å². The summed E-state index contributed by atoms with van der Waals surface area (Å²) in [5.41, 5.74) is 1.97. The van der Waals surface area contributed by atoms with Gasteiger partial charge in [-0.15, -0.1) is 11.3 Å². The number of halogens is 1. The normalized spacial score (nSPS) is 11.1. The molecule has 8 heteroatoms. The van der Waals surface area contributed by atoms with Crippen molar-refractivity contribution in [3.05, 3.63) is 63.9 Å². The van der Waals surface area contributed by atoms with Crippen molar-refractivity contribution in [3.63, 3.8) is 0 Å². The van der Waals surface area contributed by atoms with Gasteiger partial charge in [0.1, 0.15) is 6.61 Å². The summed E-state index contributed by atoms with van der Waals surface area (Å²) in [6.07, 6.45) is 4.77. The third-order valence-corrected chi connectivity index (χ3v) is 4.53. The van der Waals surface area contributed by atoms with Gasteiger partial charge in [0, 0.05) is 30.3 Å². The van der Waals surface area contributed by atoms with Crippen LogP contribution in [-0.4, -0.2) is 28.3 Å². The molecule has 6 nitrogen and oxygen atoms in total. The van der Waals surface area contributed by atoms with E-state index >= 15 is 0 Å². The Balaban J connectivity index is 1.60. The Morgan fingerprint density at radius 3 is 2.84 bits per heavy atom. The second kappa shape index (κ2) is 7.50. The van der Waals surface area contributed by atoms with Crippen LogP contribution in [0.4, 0.5) is 0 Å². The molecule has 0 aliphatic rings. The van der Waals surface area contributed by atoms with E-state index in [9.17, 15) is 9.59 Å². The third-order valence-electron chi connectivity index (χ3n) is 3.48. The van der Waals surface area contributed by atoms with Gasteiger partial charge >= 0.3 is 5.97 Å². The van der Waals surface area contributed by atoms with Gasteiger partial charge in [-0.05, 0) is 23.8 Å². The zero-order chi connectivity index (χ0) is 17.8. The fraction of sp³-hybridized carbons (Fsp3) is 0.118. The molecular weight excluding hydrogens is 362 g/mol. The smallest absolute Gasteiger partial charge is 0.331 e. The highest BCUT2D eigenvalue weighted by Crippen LogP contribution is 2.22. The monoisotopic (exact) mass is 375 g/mol. The van der Waals surface area contributed by atoms with Crippen molar-refractivity contribution in [1.82, 2.24) is 14.7 Å². The van der Waals surface area contributed by atoms with Gasteiger partial charge in [-0.25, -0.2) is 9.78 Å². The van der Waals surface area contributed by atoms with Crippen LogP contribution in [0.15, 0.2) is 41.9 Å². The third kappa shape index (κ3) is 3.89. The van der Waals surface area contributed by atoms with Crippen molar-refractivity contribution in [2.24, 2.45) is 0 Å². The van der Waals surface area contributed by atoms with Crippen LogP contribution in [0.2, 0.25) is 5.15 Å². The molecule has 128 valence electrons. The highest BCUT2D eigenvalue weighted by atomic mass is 35.5. The molecule has 0 saturated carbocycles. The van der Waals surface area contributed by atoms with Crippen molar-refractivity contribution in [2.45, 2.75) is 6.61 Å². The molecular formula is C17H14ClN3O3S. The molecule has 0 fully saturated rings. The number of nitrogens with zero attached hydrogens (tertiary/aromatic N) is 2. The van der Waals surface area contributed by atoms with Crippen LogP contribution in [0.5, 0.6) is 0 Å². The summed E-state index contributed by atoms with van der Waals surface area (Å²) in [6, 6.07) is 6.86. The minimum absolute atomic E-state index is 0.0372. The first-order chi connectivity index (χ1) is 12.1. The van der Waals surface area contributed by atoms with Crippen molar-refractivity contribution in [1.29, 1.82) is 0 Å². The summed E-state index contributed by atoms with van der Waals surface area (Å²) in [5, 5.41) is 4.76. The summed E-state index contributed by atoms with van der Waals surface area (Å²) in [4.78, 5) is 28.3. The minimum atomic E-state index is -0.489. The first-order valence-corrected chi connectivity index (χ1v) is 8.61. The number of carbonyl (C=O) groups is 2. The van der Waals surface area contributed by atoms with E-state index in [2.05, 4.69) is 10.3 Å². The number of imidazole rings is 1. The van der Waals surface area contributed by atoms with Gasteiger partial charge in [0.05, 0.1) is 5.69 Å². The summed E-state index contributed by atoms with van der Waals surface area (Å²) in [7, 11) is 1.57. The van der Waals surface area contributed by atoms with E-state index in [-0.39, 0.29) is 12.5 Å². The Morgan fingerprint density at radius 1 is 1.36 bits per heavy atom. The first-order valence-electron chi connectivity index (χ1n) is 7.35. The minimum Gasteiger partial charge on any atom is -0.456 e. The van der Waals surface area contributed by atoms with Gasteiger partial charge in [0.15, 0.2) is 10.1 Å². The van der Waals surface area contributed by atoms with E-state index < -0.39 is 5.97 Å². The van der Waals surface area contributed by atoms with Gasteiger partial charge in [-0.2, -0.15) is 0 Å². The predicted molar refractivity (Wildman–Crippen MR) is 96.7 cm³/mol. The van der Waals surface area contributed by atoms with E-state index in [1.807, 2.05) is 11.6 Å². The zero-order valence-corrected chi connectivity index (χ0v) is 14.8. The molecule has 0 saturated heterocycles. The summed E-state index contributed by atoms with van der Waals surface area (Å²) in [5.74, 6) is -0.649. The number of amides is 1. The molecule has 3 aromatic rings. The average molecular weight is 376 g/mol. The lowest BCUT2D eigenvalue weighted by Gasteiger charge is -2.02. The Morgan fingerprint density at radius 2 is 2.12 bits per heavy atom. The van der Waals surface area contributed by atoms with Crippen molar-refractivity contribution >= 4 is 45.9 Å². The Kier molecular flexibility index (Phi) is 5.16. The second-order valence-electron chi connectivity index (χ2n) is 5.05. The number of carbonyl (C=O) groups excluding carboxylic acids is 2. The van der Waals surface area contributed by atoms with Gasteiger partial charge in [-0.3, -0.25) is 9.20 Å². The molecule has 0 atom stereocenters. The molecule has 0 aliphatic carbocycles. The van der Waals surface area contributed by atoms with Gasteiger partial charge < -0.3 is 10.1 Å². The van der Waals surface area contributed by atoms with Crippen LogP contribution < -0.4 is 5.32 Å². The molecule has 0 bridgehead atoms. The maximum atomic E-state index is 11.9. The zero-order valence-electron chi connectivity index (χ0n) is 13.2. The van der Waals surface area contributed by atoms with Crippen LogP contribution in [0.3, 0.4) is 0 Å². The van der Waals surface area contributed by atoms with E-state index in [4.69, 9.17) is 16.3 Å². The molecule has 0 spiro atoms. The summed E-state index contributed by atoms with van der Waals surface area (Å²) < 4.78 is 7.01. The number of nitrogens with one attached hydrogen (secondary N) is 1. The molecule has 25 heavy (non-hydrogen) atoms. The fourth-order valence-electron chi connectivity index (χ4n) is 2.18. The van der Waals surface area contributed by atoms with E-state index in [1.165, 1.54) is 17.4 Å². The van der Waals surface area contributed by atoms with E-state index in [1.54, 1.807) is 41.8 Å². The Hall–Kier alpha value is -2.64. The SMILES string of the molecule is CNC(=O)c1ccc(C=CC(=O)OCc2c(Cl)nc3sccn23)cc1. The van der Waals surface area contributed by atoms with Crippen LogP contribution in [0.1, 0.15) is 21.6 Å². The van der Waals surface area contributed by atoms with E-state index in [0.717, 1.165) is 10.5 Å². The Bertz CT molecular complexity index is 944. The Labute approximate surface area is 152 Å². The molecule has 1 amide bonds. The lowest BCUT2D eigenvalue weighted by Crippen LogP contribution is -2.17. The molecule has 0 unspecified atom stereocenters. The average Bonchev–Trinajstić information content (AvgIpc) is 3.18. The molecule has 1 N–H and O–H groups in total. The van der Waals surface area contributed by atoms with Gasteiger partial charge in [-0.1, -0.05) is 23.7 Å². The lowest BCUT2D eigenvalue weighted by atomic mass is 10.1. The predicted octanol–water partition coefficient (Wildman–Crippen LogP) is 3.17. The van der Waals surface area contributed by atoms with Gasteiger partial charge in [0.2, 0.25) is 0 Å². The molecule has 3 rings (SSSR count). The molecule has 0 radical (unpaired) electrons. The maximum absolute atomic E-state index is 11.9. The van der Waals surface area contributed by atoms with Crippen LogP contribution >= 0.6 is 22.9 Å². The summed E-state index contributed by atoms with van der Waals surface area (Å²) in [6.45, 7) is 0.0372. The summed E-state index contributed by atoms with van der Waals surface area (Å²) >= 11 is 7.50. The van der Waals surface area contributed by atoms with Crippen LogP contribution in [-0.2, 0) is 16.1 Å². The number of rotatable bonds is 5. The topological polar surface area (TPSA) is 72.7 Å². The molecule has 0 aliphatic heterocycles. The van der Waals surface area contributed by atoms with E-state index in [0.29, 0.717) is 16.4 Å². The number of esters is 1. The first kappa shape index (κ1) is 17.2. The molecule has 1 aromatic carbocycles. The molecule has 2 heterocycles. The largest absolute Gasteiger partial charge is 0.456 e. The number of hydrogen-bond donors (Lipinski definition) is 1. The highest BCUT2D eigenvalue weighted by Gasteiger charge is 2.12. The van der Waals surface area contributed by atoms with Crippen LogP contribution in [0, 0.1) is 0 Å². The standard InChI is InChI=1S/C17H14ClN3O3S/c1-19-16(23)12-5-2-11(3-6-12)4-7-14(22)24-10-13-15(18)20-17-21(13)8-9-25-17/h2-9H,10H2,1H3,(H,19,23). The number of benzene rings is 1. The maximum Gasteiger partial charge on any atom is 0.331 e. The second-order valence-corrected chi connectivity index (χ2v) is 6.28. The lowest BCUT2D eigenvalue weighted by molar-refractivity contribution is -0.139. The van der Waals surface area contributed by atoms with Crippen molar-refractivity contribution < 1.29 is 14.3 Å². The highest BCUT2D eigenvalue weighted by molar-refractivity contribution is 7.15. The van der Waals surface area contributed by atoms with Gasteiger partial charge in [0.25, 0.3) is 5.91 Å². The fourth-order valence-corrected chi connectivity index (χ4v) is 3.19. The molecule has 2 aromatic heterocycles. The van der Waals surface area contributed by atoms with Crippen LogP contribution in [0.25, 0.3) is 11.0 Å². The number of ether oxygens (including phenoxy) is 1. The number of aromatic nitrogens is 2. The quantitative estimate of drug-likeness (QED) is 0.549.